The molecule has 67 heavy (non-hydrogen) atoms. The smallest absolute Gasteiger partial charge is 0.249 e. The van der Waals surface area contributed by atoms with Crippen molar-refractivity contribution in [1.82, 2.24) is 5.32 Å². The Morgan fingerprint density at radius 2 is 0.925 bits per heavy atom. The summed E-state index contributed by atoms with van der Waals surface area (Å²) >= 11 is 0. The molecule has 0 bridgehead atoms. The molecule has 1 heterocycles. The number of rotatable bonds is 47. The first-order valence-electron chi connectivity index (χ1n) is 27.9. The second-order valence-electron chi connectivity index (χ2n) is 19.6. The average Bonchev–Trinajstić information content (AvgIpc) is 3.33. The maximum Gasteiger partial charge on any atom is 0.249 e. The van der Waals surface area contributed by atoms with E-state index in [1.54, 1.807) is 0 Å². The molecule has 11 heteroatoms. The van der Waals surface area contributed by atoms with E-state index in [4.69, 9.17) is 9.47 Å². The number of hydrogen-bond acceptors (Lipinski definition) is 10. The highest BCUT2D eigenvalue weighted by Gasteiger charge is 2.44. The Hall–Kier alpha value is -1.67. The molecule has 0 radical (unpaired) electrons. The molecule has 0 aromatic heterocycles. The number of allylic oxidation sites excluding steroid dienone is 6. The van der Waals surface area contributed by atoms with Crippen molar-refractivity contribution in [3.05, 3.63) is 36.5 Å². The molecule has 0 aromatic rings. The number of carbonyl (C=O) groups excluding carboxylic acids is 1. The average molecular weight is 952 g/mol. The minimum Gasteiger partial charge on any atom is -0.394 e. The van der Waals surface area contributed by atoms with Crippen molar-refractivity contribution in [3.8, 4) is 0 Å². The van der Waals surface area contributed by atoms with Crippen LogP contribution in [0, 0.1) is 0 Å². The van der Waals surface area contributed by atoms with Crippen molar-refractivity contribution in [2.24, 2.45) is 0 Å². The van der Waals surface area contributed by atoms with E-state index in [1.807, 2.05) is 0 Å². The van der Waals surface area contributed by atoms with Crippen molar-refractivity contribution in [2.75, 3.05) is 13.2 Å². The topological polar surface area (TPSA) is 189 Å². The summed E-state index contributed by atoms with van der Waals surface area (Å²) in [6, 6.07) is -1.18. The lowest BCUT2D eigenvalue weighted by atomic mass is 9.98. The first kappa shape index (κ1) is 63.3. The maximum absolute atomic E-state index is 13.1. The first-order valence-corrected chi connectivity index (χ1v) is 27.9. The second-order valence-corrected chi connectivity index (χ2v) is 19.6. The minimum absolute atomic E-state index is 0.252. The largest absolute Gasteiger partial charge is 0.394 e. The van der Waals surface area contributed by atoms with Crippen LogP contribution in [0.5, 0.6) is 0 Å². The summed E-state index contributed by atoms with van der Waals surface area (Å²) in [5.41, 5.74) is 0. The van der Waals surface area contributed by atoms with Crippen LogP contribution in [-0.4, -0.2) is 110 Å². The fourth-order valence-corrected chi connectivity index (χ4v) is 8.83. The SMILES string of the molecule is CCCCCCCCC/C=C/CCCC(O)C(O)C(COC1OC(CO)C(O)C(O)C1O)NC(=O)C(O)CCCCCCCCCCCCCC/C=C\C/C=C\CCCCCCCCCCC. The highest BCUT2D eigenvalue weighted by Crippen LogP contribution is 2.23. The van der Waals surface area contributed by atoms with Gasteiger partial charge in [-0.25, -0.2) is 0 Å². The van der Waals surface area contributed by atoms with Gasteiger partial charge in [0.15, 0.2) is 6.29 Å². The number of hydrogen-bond donors (Lipinski definition) is 8. The molecule has 9 unspecified atom stereocenters. The summed E-state index contributed by atoms with van der Waals surface area (Å²) < 4.78 is 11.1. The highest BCUT2D eigenvalue weighted by atomic mass is 16.7. The monoisotopic (exact) mass is 952 g/mol. The molecule has 0 aromatic carbocycles. The predicted octanol–water partition coefficient (Wildman–Crippen LogP) is 11.1. The van der Waals surface area contributed by atoms with Crippen LogP contribution < -0.4 is 5.32 Å². The van der Waals surface area contributed by atoms with E-state index in [9.17, 15) is 40.5 Å². The van der Waals surface area contributed by atoms with E-state index in [1.165, 1.54) is 161 Å². The van der Waals surface area contributed by atoms with Gasteiger partial charge in [-0.05, 0) is 70.6 Å². The van der Waals surface area contributed by atoms with Crippen LogP contribution in [0.4, 0.5) is 0 Å². The molecule has 8 N–H and O–H groups in total. The first-order chi connectivity index (χ1) is 32.7. The standard InChI is InChI=1S/C56H105NO10/c1-3-5-7-9-11-13-15-17-18-19-20-21-22-23-24-25-26-27-28-29-30-31-32-34-36-38-40-42-44-49(60)55(65)57-47(46-66-56-54(64)53(63)52(62)50(45-58)67-56)51(61)48(59)43-41-39-37-35-33-16-14-12-10-8-6-4-2/h20-21,23-24,35,37,47-54,56,58-64H,3-19,22,25-34,36,38-46H2,1-2H3,(H,57,65)/b21-20-,24-23-,37-35+. The summed E-state index contributed by atoms with van der Waals surface area (Å²) in [5, 5.41) is 75.8. The maximum atomic E-state index is 13.1. The van der Waals surface area contributed by atoms with Gasteiger partial charge >= 0.3 is 0 Å². The molecular weight excluding hydrogens is 847 g/mol. The third-order valence-corrected chi connectivity index (χ3v) is 13.4. The lowest BCUT2D eigenvalue weighted by Crippen LogP contribution is -2.60. The zero-order valence-electron chi connectivity index (χ0n) is 42.9. The highest BCUT2D eigenvalue weighted by molar-refractivity contribution is 5.80. The number of aliphatic hydroxyl groups excluding tert-OH is 7. The molecule has 9 atom stereocenters. The third-order valence-electron chi connectivity index (χ3n) is 13.4. The molecule has 1 aliphatic heterocycles. The Kier molecular flexibility index (Phi) is 43.0. The van der Waals surface area contributed by atoms with Gasteiger partial charge in [0.1, 0.15) is 36.6 Å². The van der Waals surface area contributed by atoms with Gasteiger partial charge in [-0.2, -0.15) is 0 Å². The van der Waals surface area contributed by atoms with E-state index >= 15 is 0 Å². The fraction of sp³-hybridized carbons (Fsp3) is 0.875. The third kappa shape index (κ3) is 34.3. The Morgan fingerprint density at radius 1 is 0.522 bits per heavy atom. The quantitative estimate of drug-likeness (QED) is 0.0215. The molecule has 0 saturated carbocycles. The molecule has 1 amide bonds. The van der Waals surface area contributed by atoms with Gasteiger partial charge in [0.2, 0.25) is 5.91 Å². The van der Waals surface area contributed by atoms with Crippen molar-refractivity contribution in [1.29, 1.82) is 0 Å². The summed E-state index contributed by atoms with van der Waals surface area (Å²) in [6.07, 6.45) is 43.6. The molecule has 1 rings (SSSR count). The lowest BCUT2D eigenvalue weighted by Gasteiger charge is -2.40. The Balaban J connectivity index is 2.27. The molecule has 0 aliphatic carbocycles. The van der Waals surface area contributed by atoms with Crippen molar-refractivity contribution in [2.45, 2.75) is 300 Å². The van der Waals surface area contributed by atoms with E-state index < -0.39 is 74.2 Å². The van der Waals surface area contributed by atoms with Gasteiger partial charge in [0.05, 0.1) is 25.4 Å². The fourth-order valence-electron chi connectivity index (χ4n) is 8.83. The predicted molar refractivity (Wildman–Crippen MR) is 275 cm³/mol. The van der Waals surface area contributed by atoms with Gasteiger partial charge < -0.3 is 50.5 Å². The number of unbranched alkanes of at least 4 members (excludes halogenated alkanes) is 29. The Bertz CT molecular complexity index is 1180. The Morgan fingerprint density at radius 3 is 1.37 bits per heavy atom. The number of nitrogens with one attached hydrogen (secondary N) is 1. The lowest BCUT2D eigenvalue weighted by molar-refractivity contribution is -0.303. The van der Waals surface area contributed by atoms with Crippen LogP contribution in [0.1, 0.15) is 245 Å². The molecule has 1 saturated heterocycles. The van der Waals surface area contributed by atoms with Crippen molar-refractivity contribution in [3.63, 3.8) is 0 Å². The van der Waals surface area contributed by atoms with Crippen LogP contribution in [-0.2, 0) is 14.3 Å². The number of aliphatic hydroxyl groups is 7. The molecule has 11 nitrogen and oxygen atoms in total. The summed E-state index contributed by atoms with van der Waals surface area (Å²) in [6.45, 7) is 3.43. The van der Waals surface area contributed by atoms with E-state index in [0.717, 1.165) is 44.9 Å². The van der Waals surface area contributed by atoms with E-state index in [-0.39, 0.29) is 12.8 Å². The van der Waals surface area contributed by atoms with Crippen LogP contribution in [0.3, 0.4) is 0 Å². The van der Waals surface area contributed by atoms with Crippen molar-refractivity contribution < 1.29 is 50.0 Å². The van der Waals surface area contributed by atoms with Crippen molar-refractivity contribution >= 4 is 5.91 Å². The number of ether oxygens (including phenoxy) is 2. The molecule has 394 valence electrons. The number of amides is 1. The summed E-state index contributed by atoms with van der Waals surface area (Å²) in [4.78, 5) is 13.1. The van der Waals surface area contributed by atoms with E-state index in [0.29, 0.717) is 12.8 Å². The van der Waals surface area contributed by atoms with Gasteiger partial charge in [-0.1, -0.05) is 211 Å². The summed E-state index contributed by atoms with van der Waals surface area (Å²) in [7, 11) is 0. The minimum atomic E-state index is -1.67. The second kappa shape index (κ2) is 45.5. The van der Waals surface area contributed by atoms with Gasteiger partial charge in [-0.15, -0.1) is 0 Å². The Labute approximate surface area is 409 Å². The molecule has 1 fully saturated rings. The van der Waals surface area contributed by atoms with Crippen LogP contribution in [0.15, 0.2) is 36.5 Å². The van der Waals surface area contributed by atoms with Gasteiger partial charge in [0, 0.05) is 0 Å². The van der Waals surface area contributed by atoms with Gasteiger partial charge in [-0.3, -0.25) is 4.79 Å². The zero-order chi connectivity index (χ0) is 49.0. The molecule has 0 spiro atoms. The zero-order valence-corrected chi connectivity index (χ0v) is 42.9. The normalized spacial score (nSPS) is 20.9. The van der Waals surface area contributed by atoms with E-state index in [2.05, 4.69) is 55.6 Å². The van der Waals surface area contributed by atoms with Crippen LogP contribution in [0.2, 0.25) is 0 Å². The van der Waals surface area contributed by atoms with Crippen LogP contribution in [0.25, 0.3) is 0 Å². The van der Waals surface area contributed by atoms with Crippen LogP contribution >= 0.6 is 0 Å². The van der Waals surface area contributed by atoms with Gasteiger partial charge in [0.25, 0.3) is 0 Å². The molecular formula is C56H105NO10. The molecule has 1 aliphatic rings. The number of carbonyl (C=O) groups is 1. The summed E-state index contributed by atoms with van der Waals surface area (Å²) in [5.74, 6) is -0.708.